The Morgan fingerprint density at radius 3 is 2.66 bits per heavy atom. The minimum Gasteiger partial charge on any atom is -0.497 e. The summed E-state index contributed by atoms with van der Waals surface area (Å²) < 4.78 is 11.7. The summed E-state index contributed by atoms with van der Waals surface area (Å²) in [5.41, 5.74) is 2.23. The molecule has 2 aromatic rings. The maximum atomic E-state index is 6.36. The van der Waals surface area contributed by atoms with Gasteiger partial charge in [-0.05, 0) is 36.6 Å². The van der Waals surface area contributed by atoms with Crippen molar-refractivity contribution in [2.24, 2.45) is 0 Å². The summed E-state index contributed by atoms with van der Waals surface area (Å²) in [6.45, 7) is 2.94. The molecule has 0 saturated heterocycles. The SMILES string of the molecule is CCCCCCCC1CC(NCc2ccc(Cl)cc2Cl)c2ccc(OC)cc2O1. The standard InChI is InChI=1S/C24H31Cl2NO2/c1-3-4-5-6-7-8-20-14-23(21-12-11-19(28-2)15-24(21)29-20)27-16-17-9-10-18(25)13-22(17)26/h9-13,15,20,23,27H,3-8,14,16H2,1-2H3. The van der Waals surface area contributed by atoms with Crippen molar-refractivity contribution in [3.05, 3.63) is 57.6 Å². The molecule has 0 fully saturated rings. The number of rotatable bonds is 10. The molecule has 0 radical (unpaired) electrons. The highest BCUT2D eigenvalue weighted by Gasteiger charge is 2.28. The third-order valence-electron chi connectivity index (χ3n) is 5.57. The summed E-state index contributed by atoms with van der Waals surface area (Å²) in [5, 5.41) is 5.04. The number of halogens is 2. The Morgan fingerprint density at radius 1 is 1.07 bits per heavy atom. The van der Waals surface area contributed by atoms with E-state index in [-0.39, 0.29) is 12.1 Å². The second-order valence-corrected chi connectivity index (χ2v) is 8.60. The summed E-state index contributed by atoms with van der Waals surface area (Å²) in [6.07, 6.45) is 8.64. The second kappa shape index (κ2) is 11.1. The molecule has 29 heavy (non-hydrogen) atoms. The van der Waals surface area contributed by atoms with Gasteiger partial charge in [-0.25, -0.2) is 0 Å². The molecule has 158 valence electrons. The third-order valence-corrected chi connectivity index (χ3v) is 6.16. The van der Waals surface area contributed by atoms with E-state index in [4.69, 9.17) is 32.7 Å². The summed E-state index contributed by atoms with van der Waals surface area (Å²) in [6, 6.07) is 12.0. The van der Waals surface area contributed by atoms with Gasteiger partial charge in [-0.3, -0.25) is 0 Å². The monoisotopic (exact) mass is 435 g/mol. The van der Waals surface area contributed by atoms with Crippen LogP contribution in [0.25, 0.3) is 0 Å². The van der Waals surface area contributed by atoms with E-state index in [1.54, 1.807) is 13.2 Å². The largest absolute Gasteiger partial charge is 0.497 e. The first-order valence-electron chi connectivity index (χ1n) is 10.6. The minimum absolute atomic E-state index is 0.217. The summed E-state index contributed by atoms with van der Waals surface area (Å²) in [5.74, 6) is 1.75. The van der Waals surface area contributed by atoms with E-state index < -0.39 is 0 Å². The van der Waals surface area contributed by atoms with Gasteiger partial charge in [0.05, 0.1) is 7.11 Å². The zero-order valence-electron chi connectivity index (χ0n) is 17.3. The maximum absolute atomic E-state index is 6.36. The van der Waals surface area contributed by atoms with Crippen molar-refractivity contribution in [3.8, 4) is 11.5 Å². The van der Waals surface area contributed by atoms with Crippen molar-refractivity contribution < 1.29 is 9.47 Å². The van der Waals surface area contributed by atoms with Gasteiger partial charge in [0.1, 0.15) is 17.6 Å². The molecule has 2 aromatic carbocycles. The van der Waals surface area contributed by atoms with Gasteiger partial charge in [0.2, 0.25) is 0 Å². The highest BCUT2D eigenvalue weighted by atomic mass is 35.5. The molecular formula is C24H31Cl2NO2. The topological polar surface area (TPSA) is 30.5 Å². The number of hydrogen-bond donors (Lipinski definition) is 1. The van der Waals surface area contributed by atoms with Crippen molar-refractivity contribution in [2.75, 3.05) is 7.11 Å². The summed E-state index contributed by atoms with van der Waals surface area (Å²) in [7, 11) is 1.69. The number of methoxy groups -OCH3 is 1. The molecule has 1 aliphatic heterocycles. The first kappa shape index (κ1) is 22.3. The Balaban J connectivity index is 1.68. The first-order valence-corrected chi connectivity index (χ1v) is 11.4. The number of nitrogens with one attached hydrogen (secondary N) is 1. The number of hydrogen-bond acceptors (Lipinski definition) is 3. The average Bonchev–Trinajstić information content (AvgIpc) is 2.72. The van der Waals surface area contributed by atoms with E-state index in [1.165, 1.54) is 37.7 Å². The van der Waals surface area contributed by atoms with Crippen LogP contribution in [0.4, 0.5) is 0 Å². The van der Waals surface area contributed by atoms with Crippen molar-refractivity contribution in [1.82, 2.24) is 5.32 Å². The molecule has 5 heteroatoms. The van der Waals surface area contributed by atoms with E-state index in [9.17, 15) is 0 Å². The lowest BCUT2D eigenvalue weighted by Gasteiger charge is -2.33. The predicted molar refractivity (Wildman–Crippen MR) is 121 cm³/mol. The molecule has 3 nitrogen and oxygen atoms in total. The van der Waals surface area contributed by atoms with Gasteiger partial charge in [-0.15, -0.1) is 0 Å². The van der Waals surface area contributed by atoms with Gasteiger partial charge in [0.25, 0.3) is 0 Å². The normalized spacial score (nSPS) is 18.2. The first-order chi connectivity index (χ1) is 14.1. The van der Waals surface area contributed by atoms with Crippen LogP contribution in [0, 0.1) is 0 Å². The lowest BCUT2D eigenvalue weighted by Crippen LogP contribution is -2.33. The molecule has 2 atom stereocenters. The smallest absolute Gasteiger partial charge is 0.128 e. The summed E-state index contributed by atoms with van der Waals surface area (Å²) >= 11 is 12.4. The Kier molecular flexibility index (Phi) is 8.53. The number of fused-ring (bicyclic) bond motifs is 1. The van der Waals surface area contributed by atoms with Gasteiger partial charge in [0.15, 0.2) is 0 Å². The lowest BCUT2D eigenvalue weighted by molar-refractivity contribution is 0.137. The number of ether oxygens (including phenoxy) is 2. The van der Waals surface area contributed by atoms with Crippen LogP contribution in [0.1, 0.15) is 69.0 Å². The Hall–Kier alpha value is -1.42. The molecule has 0 spiro atoms. The fourth-order valence-corrected chi connectivity index (χ4v) is 4.37. The Labute approximate surface area is 184 Å². The molecule has 1 aliphatic rings. The van der Waals surface area contributed by atoms with Crippen molar-refractivity contribution >= 4 is 23.2 Å². The van der Waals surface area contributed by atoms with Gasteiger partial charge in [0, 0.05) is 40.7 Å². The molecular weight excluding hydrogens is 405 g/mol. The Morgan fingerprint density at radius 2 is 1.90 bits per heavy atom. The van der Waals surface area contributed by atoms with Crippen LogP contribution >= 0.6 is 23.2 Å². The van der Waals surface area contributed by atoms with Gasteiger partial charge in [-0.2, -0.15) is 0 Å². The molecule has 1 heterocycles. The van der Waals surface area contributed by atoms with Crippen molar-refractivity contribution in [1.29, 1.82) is 0 Å². The zero-order chi connectivity index (χ0) is 20.6. The Bertz CT molecular complexity index is 796. The van der Waals surface area contributed by atoms with Crippen LogP contribution in [0.3, 0.4) is 0 Å². The molecule has 0 bridgehead atoms. The molecule has 0 saturated carbocycles. The predicted octanol–water partition coefficient (Wildman–Crippen LogP) is 7.34. The number of unbranched alkanes of at least 4 members (excludes halogenated alkanes) is 4. The molecule has 1 N–H and O–H groups in total. The van der Waals surface area contributed by atoms with Crippen molar-refractivity contribution in [2.45, 2.75) is 70.6 Å². The zero-order valence-corrected chi connectivity index (χ0v) is 18.9. The molecule has 0 aromatic heterocycles. The second-order valence-electron chi connectivity index (χ2n) is 7.75. The average molecular weight is 436 g/mol. The fraction of sp³-hybridized carbons (Fsp3) is 0.500. The third kappa shape index (κ3) is 6.28. The van der Waals surface area contributed by atoms with Crippen LogP contribution < -0.4 is 14.8 Å². The maximum Gasteiger partial charge on any atom is 0.128 e. The molecule has 2 unspecified atom stereocenters. The van der Waals surface area contributed by atoms with Gasteiger partial charge < -0.3 is 14.8 Å². The van der Waals surface area contributed by atoms with Crippen LogP contribution in [0.15, 0.2) is 36.4 Å². The lowest BCUT2D eigenvalue weighted by atomic mass is 9.93. The highest BCUT2D eigenvalue weighted by molar-refractivity contribution is 6.35. The quantitative estimate of drug-likeness (QED) is 0.395. The van der Waals surface area contributed by atoms with E-state index in [2.05, 4.69) is 18.3 Å². The molecule has 0 aliphatic carbocycles. The van der Waals surface area contributed by atoms with Crippen LogP contribution in [0.2, 0.25) is 10.0 Å². The van der Waals surface area contributed by atoms with Crippen LogP contribution in [0.5, 0.6) is 11.5 Å². The number of benzene rings is 2. The van der Waals surface area contributed by atoms with E-state index in [0.29, 0.717) is 16.6 Å². The van der Waals surface area contributed by atoms with Crippen LogP contribution in [-0.2, 0) is 6.54 Å². The molecule has 0 amide bonds. The van der Waals surface area contributed by atoms with Crippen LogP contribution in [-0.4, -0.2) is 13.2 Å². The minimum atomic E-state index is 0.217. The van der Waals surface area contributed by atoms with Gasteiger partial charge in [-0.1, -0.05) is 67.9 Å². The van der Waals surface area contributed by atoms with Crippen molar-refractivity contribution in [3.63, 3.8) is 0 Å². The van der Waals surface area contributed by atoms with Gasteiger partial charge >= 0.3 is 0 Å². The highest BCUT2D eigenvalue weighted by Crippen LogP contribution is 2.39. The fourth-order valence-electron chi connectivity index (χ4n) is 3.89. The van der Waals surface area contributed by atoms with E-state index >= 15 is 0 Å². The van der Waals surface area contributed by atoms with E-state index in [1.807, 2.05) is 24.3 Å². The molecule has 3 rings (SSSR count). The summed E-state index contributed by atoms with van der Waals surface area (Å²) in [4.78, 5) is 0. The van der Waals surface area contributed by atoms with E-state index in [0.717, 1.165) is 29.9 Å².